The molecule has 1 saturated carbocycles. The van der Waals surface area contributed by atoms with Gasteiger partial charge < -0.3 is 4.90 Å². The molecular weight excluding hydrogens is 179 g/mol. The van der Waals surface area contributed by atoms with Crippen molar-refractivity contribution in [1.82, 2.24) is 4.90 Å². The summed E-state index contributed by atoms with van der Waals surface area (Å²) in [5.41, 5.74) is 1.23. The van der Waals surface area contributed by atoms with Crippen molar-refractivity contribution < 1.29 is 4.39 Å². The van der Waals surface area contributed by atoms with Crippen LogP contribution in [0.15, 0.2) is 29.4 Å². The van der Waals surface area contributed by atoms with Crippen molar-refractivity contribution in [2.45, 2.75) is 38.1 Å². The highest BCUT2D eigenvalue weighted by Crippen LogP contribution is 2.28. The number of hydrogen-bond acceptors (Lipinski definition) is 2. The number of nitrogens with zero attached hydrogens (tertiary/aromatic N) is 2. The lowest BCUT2D eigenvalue weighted by Gasteiger charge is -2.35. The molecule has 2 atom stereocenters. The Balaban J connectivity index is 2.03. The summed E-state index contributed by atoms with van der Waals surface area (Å²) in [5, 5.41) is 0. The van der Waals surface area contributed by atoms with E-state index in [9.17, 15) is 4.39 Å². The molecule has 3 heteroatoms. The average molecular weight is 194 g/mol. The van der Waals surface area contributed by atoms with E-state index in [-0.39, 0.29) is 6.04 Å². The van der Waals surface area contributed by atoms with Gasteiger partial charge >= 0.3 is 0 Å². The molecule has 2 aliphatic rings. The largest absolute Gasteiger partial charge is 0.327 e. The Bertz CT molecular complexity index is 283. The molecule has 1 aliphatic carbocycles. The van der Waals surface area contributed by atoms with Gasteiger partial charge in [-0.25, -0.2) is 4.99 Å². The minimum absolute atomic E-state index is 0.250. The van der Waals surface area contributed by atoms with E-state index in [1.54, 1.807) is 17.2 Å². The molecule has 1 heterocycles. The third-order valence-electron chi connectivity index (χ3n) is 2.81. The maximum Gasteiger partial charge on any atom is 0.266 e. The minimum atomic E-state index is -1.20. The number of rotatable bonds is 1. The molecule has 0 aromatic heterocycles. The van der Waals surface area contributed by atoms with Gasteiger partial charge in [0.25, 0.3) is 6.42 Å². The Morgan fingerprint density at radius 3 is 3.14 bits per heavy atom. The summed E-state index contributed by atoms with van der Waals surface area (Å²) in [4.78, 5) is 5.43. The van der Waals surface area contributed by atoms with Crippen molar-refractivity contribution in [3.8, 4) is 0 Å². The molecule has 0 spiro atoms. The summed E-state index contributed by atoms with van der Waals surface area (Å²) < 4.78 is 13.4. The van der Waals surface area contributed by atoms with E-state index in [1.165, 1.54) is 11.8 Å². The van der Waals surface area contributed by atoms with Crippen molar-refractivity contribution in [2.24, 2.45) is 4.99 Å². The Kier molecular flexibility index (Phi) is 2.66. The Morgan fingerprint density at radius 2 is 2.43 bits per heavy atom. The Labute approximate surface area is 83.8 Å². The van der Waals surface area contributed by atoms with Crippen LogP contribution in [0, 0.1) is 0 Å². The van der Waals surface area contributed by atoms with E-state index in [2.05, 4.69) is 11.6 Å². The molecule has 0 bridgehead atoms. The predicted molar refractivity (Wildman–Crippen MR) is 55.8 cm³/mol. The molecule has 0 saturated heterocycles. The van der Waals surface area contributed by atoms with Gasteiger partial charge in [0, 0.05) is 18.5 Å². The van der Waals surface area contributed by atoms with Crippen LogP contribution in [0.4, 0.5) is 4.39 Å². The molecule has 1 unspecified atom stereocenters. The highest BCUT2D eigenvalue weighted by molar-refractivity contribution is 5.71. The number of allylic oxidation sites excluding steroid dienone is 1. The van der Waals surface area contributed by atoms with Crippen LogP contribution >= 0.6 is 0 Å². The maximum absolute atomic E-state index is 13.4. The Hall–Kier alpha value is -1.12. The van der Waals surface area contributed by atoms with Crippen molar-refractivity contribution in [3.05, 3.63) is 24.4 Å². The third kappa shape index (κ3) is 1.86. The van der Waals surface area contributed by atoms with Crippen LogP contribution in [0.3, 0.4) is 0 Å². The van der Waals surface area contributed by atoms with Crippen molar-refractivity contribution in [3.63, 3.8) is 0 Å². The SMILES string of the molecule is C=C1CCCC(N2C=CC=N[C@H]2F)C1. The summed E-state index contributed by atoms with van der Waals surface area (Å²) in [5.74, 6) is 0. The van der Waals surface area contributed by atoms with Crippen LogP contribution in [0.1, 0.15) is 25.7 Å². The second kappa shape index (κ2) is 3.95. The van der Waals surface area contributed by atoms with E-state index in [0.717, 1.165) is 25.7 Å². The molecule has 1 aliphatic heterocycles. The lowest BCUT2D eigenvalue weighted by Crippen LogP contribution is -2.38. The fraction of sp³-hybridized carbons (Fsp3) is 0.545. The van der Waals surface area contributed by atoms with Gasteiger partial charge in [-0.2, -0.15) is 4.39 Å². The molecule has 2 nitrogen and oxygen atoms in total. The van der Waals surface area contributed by atoms with Gasteiger partial charge in [0.15, 0.2) is 0 Å². The van der Waals surface area contributed by atoms with Gasteiger partial charge in [-0.15, -0.1) is 0 Å². The quantitative estimate of drug-likeness (QED) is 0.463. The summed E-state index contributed by atoms with van der Waals surface area (Å²) in [7, 11) is 0. The van der Waals surface area contributed by atoms with E-state index in [4.69, 9.17) is 0 Å². The van der Waals surface area contributed by atoms with E-state index >= 15 is 0 Å². The lowest BCUT2D eigenvalue weighted by molar-refractivity contribution is 0.0850. The fourth-order valence-corrected chi connectivity index (χ4v) is 2.08. The van der Waals surface area contributed by atoms with Gasteiger partial charge in [-0.05, 0) is 31.8 Å². The van der Waals surface area contributed by atoms with Crippen LogP contribution in [0.25, 0.3) is 0 Å². The number of alkyl halides is 1. The second-order valence-corrected chi connectivity index (χ2v) is 3.90. The van der Waals surface area contributed by atoms with Gasteiger partial charge in [0.1, 0.15) is 0 Å². The van der Waals surface area contributed by atoms with Crippen LogP contribution in [-0.4, -0.2) is 23.6 Å². The van der Waals surface area contributed by atoms with Crippen molar-refractivity contribution in [1.29, 1.82) is 0 Å². The fourth-order valence-electron chi connectivity index (χ4n) is 2.08. The van der Waals surface area contributed by atoms with Crippen molar-refractivity contribution >= 4 is 6.21 Å². The first-order chi connectivity index (χ1) is 6.77. The standard InChI is InChI=1S/C11H15FN2/c1-9-4-2-5-10(8-9)14-7-3-6-13-11(14)12/h3,6-7,10-11H,1-2,4-5,8H2/t10?,11-/m1/s1. The molecule has 76 valence electrons. The lowest BCUT2D eigenvalue weighted by atomic mass is 9.91. The van der Waals surface area contributed by atoms with Crippen LogP contribution in [0.2, 0.25) is 0 Å². The minimum Gasteiger partial charge on any atom is -0.327 e. The number of halogens is 1. The smallest absolute Gasteiger partial charge is 0.266 e. The summed E-state index contributed by atoms with van der Waals surface area (Å²) in [6.45, 7) is 3.97. The number of aliphatic imine (C=N–C) groups is 1. The van der Waals surface area contributed by atoms with E-state index in [1.807, 2.05) is 0 Å². The van der Waals surface area contributed by atoms with Crippen LogP contribution < -0.4 is 0 Å². The molecule has 0 aromatic rings. The molecule has 0 radical (unpaired) electrons. The monoisotopic (exact) mass is 194 g/mol. The molecular formula is C11H15FN2. The molecule has 1 fully saturated rings. The van der Waals surface area contributed by atoms with E-state index in [0.29, 0.717) is 0 Å². The maximum atomic E-state index is 13.4. The molecule has 14 heavy (non-hydrogen) atoms. The molecule has 0 N–H and O–H groups in total. The Morgan fingerprint density at radius 1 is 1.57 bits per heavy atom. The van der Waals surface area contributed by atoms with Gasteiger partial charge in [0.05, 0.1) is 0 Å². The molecule has 0 amide bonds. The highest BCUT2D eigenvalue weighted by Gasteiger charge is 2.26. The predicted octanol–water partition coefficient (Wildman–Crippen LogP) is 2.64. The normalized spacial score (nSPS) is 32.4. The van der Waals surface area contributed by atoms with Crippen molar-refractivity contribution in [2.75, 3.05) is 0 Å². The van der Waals surface area contributed by atoms with Gasteiger partial charge in [-0.1, -0.05) is 12.2 Å². The zero-order chi connectivity index (χ0) is 9.97. The summed E-state index contributed by atoms with van der Waals surface area (Å²) >= 11 is 0. The average Bonchev–Trinajstić information content (AvgIpc) is 2.18. The summed E-state index contributed by atoms with van der Waals surface area (Å²) in [6.07, 6.45) is 8.04. The summed E-state index contributed by atoms with van der Waals surface area (Å²) in [6, 6.07) is 0.250. The topological polar surface area (TPSA) is 15.6 Å². The molecule has 2 rings (SSSR count). The van der Waals surface area contributed by atoms with Crippen LogP contribution in [0.5, 0.6) is 0 Å². The number of hydrogen-bond donors (Lipinski definition) is 0. The van der Waals surface area contributed by atoms with Gasteiger partial charge in [0.2, 0.25) is 0 Å². The second-order valence-electron chi connectivity index (χ2n) is 3.90. The first-order valence-corrected chi connectivity index (χ1v) is 5.05. The first kappa shape index (κ1) is 9.44. The van der Waals surface area contributed by atoms with Crippen LogP contribution in [-0.2, 0) is 0 Å². The zero-order valence-electron chi connectivity index (χ0n) is 8.19. The first-order valence-electron chi connectivity index (χ1n) is 5.05. The zero-order valence-corrected chi connectivity index (χ0v) is 8.19. The highest BCUT2D eigenvalue weighted by atomic mass is 19.1. The van der Waals surface area contributed by atoms with E-state index < -0.39 is 6.42 Å². The third-order valence-corrected chi connectivity index (χ3v) is 2.81. The molecule has 0 aromatic carbocycles. The van der Waals surface area contributed by atoms with Gasteiger partial charge in [-0.3, -0.25) is 0 Å².